The molecule has 0 fully saturated rings. The van der Waals surface area contributed by atoms with Crippen LogP contribution in [0.1, 0.15) is 11.1 Å². The maximum absolute atomic E-state index is 13.7. The topological polar surface area (TPSA) is 29.5 Å². The Morgan fingerprint density at radius 2 is 2.13 bits per heavy atom. The number of rotatable bonds is 3. The molecule has 2 aromatic carbocycles. The first kappa shape index (κ1) is 15.8. The van der Waals surface area contributed by atoms with Crippen molar-refractivity contribution in [3.63, 3.8) is 0 Å². The SMILES string of the molecule is CN(Cc1ccccc1F)C(=O)[C@H]1COc2ccc(Cl)cc2C1. The molecule has 5 heteroatoms. The number of fused-ring (bicyclic) bond motifs is 1. The smallest absolute Gasteiger partial charge is 0.229 e. The van der Waals surface area contributed by atoms with Crippen molar-refractivity contribution in [2.24, 2.45) is 5.92 Å². The molecule has 1 heterocycles. The van der Waals surface area contributed by atoms with Gasteiger partial charge in [0.1, 0.15) is 18.2 Å². The molecule has 0 saturated heterocycles. The van der Waals surface area contributed by atoms with Gasteiger partial charge in [0.25, 0.3) is 0 Å². The summed E-state index contributed by atoms with van der Waals surface area (Å²) >= 11 is 6.00. The second-order valence-electron chi connectivity index (χ2n) is 5.75. The minimum Gasteiger partial charge on any atom is -0.492 e. The van der Waals surface area contributed by atoms with E-state index in [4.69, 9.17) is 16.3 Å². The van der Waals surface area contributed by atoms with E-state index in [1.165, 1.54) is 6.07 Å². The average Bonchev–Trinajstić information content (AvgIpc) is 2.55. The molecule has 0 N–H and O–H groups in total. The van der Waals surface area contributed by atoms with Crippen molar-refractivity contribution in [2.75, 3.05) is 13.7 Å². The largest absolute Gasteiger partial charge is 0.492 e. The van der Waals surface area contributed by atoms with Crippen LogP contribution in [-0.2, 0) is 17.8 Å². The van der Waals surface area contributed by atoms with E-state index in [9.17, 15) is 9.18 Å². The molecule has 0 unspecified atom stereocenters. The van der Waals surface area contributed by atoms with Gasteiger partial charge in [0.05, 0.1) is 5.92 Å². The lowest BCUT2D eigenvalue weighted by Crippen LogP contribution is -2.38. The van der Waals surface area contributed by atoms with Gasteiger partial charge in [-0.15, -0.1) is 0 Å². The predicted octanol–water partition coefficient (Wildman–Crippen LogP) is 3.69. The maximum Gasteiger partial charge on any atom is 0.229 e. The summed E-state index contributed by atoms with van der Waals surface area (Å²) in [5.41, 5.74) is 1.44. The van der Waals surface area contributed by atoms with Gasteiger partial charge in [0.2, 0.25) is 5.91 Å². The van der Waals surface area contributed by atoms with Crippen molar-refractivity contribution in [1.82, 2.24) is 4.90 Å². The first-order valence-electron chi connectivity index (χ1n) is 7.44. The third-order valence-electron chi connectivity index (χ3n) is 4.02. The number of carbonyl (C=O) groups excluding carboxylic acids is 1. The van der Waals surface area contributed by atoms with Gasteiger partial charge in [-0.2, -0.15) is 0 Å². The van der Waals surface area contributed by atoms with Crippen LogP contribution in [0.4, 0.5) is 4.39 Å². The molecular formula is C18H17ClFNO2. The van der Waals surface area contributed by atoms with Crippen LogP contribution in [0.15, 0.2) is 42.5 Å². The van der Waals surface area contributed by atoms with Gasteiger partial charge in [-0.3, -0.25) is 4.79 Å². The van der Waals surface area contributed by atoms with Crippen molar-refractivity contribution in [3.05, 3.63) is 64.4 Å². The highest BCUT2D eigenvalue weighted by molar-refractivity contribution is 6.30. The zero-order valence-corrected chi connectivity index (χ0v) is 13.5. The van der Waals surface area contributed by atoms with Crippen LogP contribution < -0.4 is 4.74 Å². The molecular weight excluding hydrogens is 317 g/mol. The average molecular weight is 334 g/mol. The molecule has 120 valence electrons. The lowest BCUT2D eigenvalue weighted by atomic mass is 9.95. The van der Waals surface area contributed by atoms with E-state index in [-0.39, 0.29) is 24.2 Å². The monoisotopic (exact) mass is 333 g/mol. The third kappa shape index (κ3) is 3.48. The van der Waals surface area contributed by atoms with Crippen LogP contribution in [0.5, 0.6) is 5.75 Å². The van der Waals surface area contributed by atoms with Crippen molar-refractivity contribution in [2.45, 2.75) is 13.0 Å². The lowest BCUT2D eigenvalue weighted by molar-refractivity contribution is -0.136. The number of amides is 1. The van der Waals surface area contributed by atoms with Crippen LogP contribution in [0, 0.1) is 11.7 Å². The fourth-order valence-electron chi connectivity index (χ4n) is 2.79. The zero-order chi connectivity index (χ0) is 16.4. The van der Waals surface area contributed by atoms with Crippen molar-refractivity contribution in [3.8, 4) is 5.75 Å². The Hall–Kier alpha value is -2.07. The normalized spacial score (nSPS) is 16.4. The van der Waals surface area contributed by atoms with E-state index in [0.717, 1.165) is 11.3 Å². The predicted molar refractivity (Wildman–Crippen MR) is 87.0 cm³/mol. The van der Waals surface area contributed by atoms with Crippen LogP contribution >= 0.6 is 11.6 Å². The van der Waals surface area contributed by atoms with Gasteiger partial charge in [0.15, 0.2) is 0 Å². The second kappa shape index (κ2) is 6.59. The fraction of sp³-hybridized carbons (Fsp3) is 0.278. The Balaban J connectivity index is 1.70. The number of nitrogens with zero attached hydrogens (tertiary/aromatic N) is 1. The zero-order valence-electron chi connectivity index (χ0n) is 12.8. The third-order valence-corrected chi connectivity index (χ3v) is 4.25. The van der Waals surface area contributed by atoms with E-state index < -0.39 is 0 Å². The highest BCUT2D eigenvalue weighted by Gasteiger charge is 2.28. The molecule has 0 aromatic heterocycles. The molecule has 23 heavy (non-hydrogen) atoms. The molecule has 3 rings (SSSR count). The summed E-state index contributed by atoms with van der Waals surface area (Å²) < 4.78 is 19.4. The number of ether oxygens (including phenoxy) is 1. The van der Waals surface area contributed by atoms with Crippen molar-refractivity contribution < 1.29 is 13.9 Å². The number of halogens is 2. The molecule has 1 amide bonds. The van der Waals surface area contributed by atoms with E-state index in [2.05, 4.69) is 0 Å². The van der Waals surface area contributed by atoms with Gasteiger partial charge in [0, 0.05) is 24.2 Å². The molecule has 0 radical (unpaired) electrons. The Labute approximate surface area is 139 Å². The van der Waals surface area contributed by atoms with Gasteiger partial charge >= 0.3 is 0 Å². The second-order valence-corrected chi connectivity index (χ2v) is 6.19. The number of hydrogen-bond donors (Lipinski definition) is 0. The molecule has 0 bridgehead atoms. The molecule has 3 nitrogen and oxygen atoms in total. The lowest BCUT2D eigenvalue weighted by Gasteiger charge is -2.28. The Kier molecular flexibility index (Phi) is 4.53. The minimum atomic E-state index is -0.302. The number of hydrogen-bond acceptors (Lipinski definition) is 2. The quantitative estimate of drug-likeness (QED) is 0.857. The summed E-state index contributed by atoms with van der Waals surface area (Å²) in [4.78, 5) is 14.1. The first-order chi connectivity index (χ1) is 11.0. The fourth-order valence-corrected chi connectivity index (χ4v) is 2.99. The summed E-state index contributed by atoms with van der Waals surface area (Å²) in [6.07, 6.45) is 0.580. The van der Waals surface area contributed by atoms with Crippen LogP contribution in [-0.4, -0.2) is 24.5 Å². The van der Waals surface area contributed by atoms with Crippen molar-refractivity contribution in [1.29, 1.82) is 0 Å². The van der Waals surface area contributed by atoms with Gasteiger partial charge in [-0.25, -0.2) is 4.39 Å². The summed E-state index contributed by atoms with van der Waals surface area (Å²) in [6, 6.07) is 11.9. The molecule has 0 spiro atoms. The molecule has 0 aliphatic carbocycles. The summed E-state index contributed by atoms with van der Waals surface area (Å²) in [5.74, 6) is 0.135. The standard InChI is InChI=1S/C18H17ClFNO2/c1-21(10-12-4-2-3-5-16(12)20)18(22)14-8-13-9-15(19)6-7-17(13)23-11-14/h2-7,9,14H,8,10-11H2,1H3/t14-/m1/s1. The molecule has 1 atom stereocenters. The van der Waals surface area contributed by atoms with E-state index in [1.54, 1.807) is 36.2 Å². The van der Waals surface area contributed by atoms with Crippen LogP contribution in [0.25, 0.3) is 0 Å². The molecule has 1 aliphatic rings. The Bertz CT molecular complexity index is 735. The summed E-state index contributed by atoms with van der Waals surface area (Å²) in [7, 11) is 1.68. The van der Waals surface area contributed by atoms with Crippen LogP contribution in [0.2, 0.25) is 5.02 Å². The van der Waals surface area contributed by atoms with Gasteiger partial charge < -0.3 is 9.64 Å². The van der Waals surface area contributed by atoms with Gasteiger partial charge in [-0.1, -0.05) is 29.8 Å². The Morgan fingerprint density at radius 3 is 2.91 bits per heavy atom. The maximum atomic E-state index is 13.7. The molecule has 0 saturated carbocycles. The minimum absolute atomic E-state index is 0.0566. The van der Waals surface area contributed by atoms with E-state index in [1.807, 2.05) is 12.1 Å². The molecule has 2 aromatic rings. The Morgan fingerprint density at radius 1 is 1.35 bits per heavy atom. The molecule has 1 aliphatic heterocycles. The van der Waals surface area contributed by atoms with Gasteiger partial charge in [-0.05, 0) is 36.2 Å². The van der Waals surface area contributed by atoms with E-state index >= 15 is 0 Å². The number of benzene rings is 2. The van der Waals surface area contributed by atoms with E-state index in [0.29, 0.717) is 23.6 Å². The summed E-state index contributed by atoms with van der Waals surface area (Å²) in [6.45, 7) is 0.569. The summed E-state index contributed by atoms with van der Waals surface area (Å²) in [5, 5.41) is 0.625. The highest BCUT2D eigenvalue weighted by atomic mass is 35.5. The number of carbonyl (C=O) groups is 1. The van der Waals surface area contributed by atoms with Crippen molar-refractivity contribution >= 4 is 17.5 Å². The highest BCUT2D eigenvalue weighted by Crippen LogP contribution is 2.30. The van der Waals surface area contributed by atoms with Crippen LogP contribution in [0.3, 0.4) is 0 Å². The first-order valence-corrected chi connectivity index (χ1v) is 7.82.